The van der Waals surface area contributed by atoms with E-state index in [9.17, 15) is 13.2 Å². The van der Waals surface area contributed by atoms with Gasteiger partial charge < -0.3 is 11.1 Å². The van der Waals surface area contributed by atoms with Crippen molar-refractivity contribution in [3.8, 4) is 0 Å². The Kier molecular flexibility index (Phi) is 7.96. The number of rotatable bonds is 7. The third kappa shape index (κ3) is 5.72. The van der Waals surface area contributed by atoms with Crippen LogP contribution in [0.2, 0.25) is 0 Å². The van der Waals surface area contributed by atoms with Crippen LogP contribution in [0.5, 0.6) is 0 Å². The Hall–Kier alpha value is -0.670. The van der Waals surface area contributed by atoms with E-state index in [0.717, 1.165) is 24.1 Å². The van der Waals surface area contributed by atoms with Crippen molar-refractivity contribution in [2.45, 2.75) is 42.9 Å². The van der Waals surface area contributed by atoms with Crippen LogP contribution < -0.4 is 15.8 Å². The molecular formula is C14H24ClN3O3S2. The normalized spacial score (nSPS) is 21.0. The molecule has 1 saturated carbocycles. The summed E-state index contributed by atoms with van der Waals surface area (Å²) >= 11 is 1.25. The minimum atomic E-state index is -3.48. The Morgan fingerprint density at radius 3 is 2.78 bits per heavy atom. The van der Waals surface area contributed by atoms with E-state index < -0.39 is 10.0 Å². The number of carbonyl (C=O) groups is 1. The summed E-state index contributed by atoms with van der Waals surface area (Å²) < 4.78 is 28.0. The fraction of sp³-hybridized carbons (Fsp3) is 0.643. The minimum Gasteiger partial charge on any atom is -0.356 e. The highest BCUT2D eigenvalue weighted by Crippen LogP contribution is 2.28. The first-order valence-corrected chi connectivity index (χ1v) is 9.78. The zero-order chi connectivity index (χ0) is 16.2. The van der Waals surface area contributed by atoms with Gasteiger partial charge in [-0.25, -0.2) is 13.1 Å². The van der Waals surface area contributed by atoms with Gasteiger partial charge in [-0.15, -0.1) is 23.7 Å². The highest BCUT2D eigenvalue weighted by Gasteiger charge is 2.30. The van der Waals surface area contributed by atoms with Crippen LogP contribution in [0, 0.1) is 5.92 Å². The highest BCUT2D eigenvalue weighted by atomic mass is 35.5. The van der Waals surface area contributed by atoms with Crippen molar-refractivity contribution < 1.29 is 13.2 Å². The van der Waals surface area contributed by atoms with Gasteiger partial charge in [0.2, 0.25) is 15.9 Å². The van der Waals surface area contributed by atoms with Gasteiger partial charge in [-0.3, -0.25) is 4.79 Å². The molecule has 1 aliphatic rings. The standard InChI is InChI=1S/C14H23N3O3S2.ClH/c1-10(18)16-8-7-12-5-6-14(21-12)22(19,20)17-13-4-2-3-11(13)9-15;/h5-6,11,13,17H,2-4,7-9,15H2,1H3,(H,16,18);1H. The number of thiophene rings is 1. The number of hydrogen-bond donors (Lipinski definition) is 3. The van der Waals surface area contributed by atoms with Crippen LogP contribution in [0.1, 0.15) is 31.1 Å². The third-order valence-electron chi connectivity index (χ3n) is 3.92. The summed E-state index contributed by atoms with van der Waals surface area (Å²) in [7, 11) is -3.48. The SMILES string of the molecule is CC(=O)NCCc1ccc(S(=O)(=O)NC2CCCC2CN)s1.Cl. The summed E-state index contributed by atoms with van der Waals surface area (Å²) in [5.41, 5.74) is 5.70. The van der Waals surface area contributed by atoms with Gasteiger partial charge in [0.1, 0.15) is 4.21 Å². The van der Waals surface area contributed by atoms with E-state index in [1.54, 1.807) is 12.1 Å². The molecule has 23 heavy (non-hydrogen) atoms. The predicted octanol–water partition coefficient (Wildman–Crippen LogP) is 1.25. The molecule has 0 bridgehead atoms. The summed E-state index contributed by atoms with van der Waals surface area (Å²) in [5, 5.41) is 2.70. The number of hydrogen-bond acceptors (Lipinski definition) is 5. The number of amides is 1. The number of carbonyl (C=O) groups excluding carboxylic acids is 1. The lowest BCUT2D eigenvalue weighted by molar-refractivity contribution is -0.118. The largest absolute Gasteiger partial charge is 0.356 e. The van der Waals surface area contributed by atoms with E-state index in [-0.39, 0.29) is 30.3 Å². The molecule has 1 aromatic heterocycles. The summed E-state index contributed by atoms with van der Waals surface area (Å²) in [6, 6.07) is 3.37. The van der Waals surface area contributed by atoms with Crippen LogP contribution in [-0.4, -0.2) is 33.5 Å². The summed E-state index contributed by atoms with van der Waals surface area (Å²) in [6.45, 7) is 2.49. The van der Waals surface area contributed by atoms with Crippen molar-refractivity contribution in [2.75, 3.05) is 13.1 Å². The molecule has 2 atom stereocenters. The molecule has 2 rings (SSSR count). The molecule has 0 saturated heterocycles. The quantitative estimate of drug-likeness (QED) is 0.661. The van der Waals surface area contributed by atoms with Gasteiger partial charge in [0.15, 0.2) is 0 Å². The van der Waals surface area contributed by atoms with Gasteiger partial charge in [0, 0.05) is 24.4 Å². The zero-order valence-corrected chi connectivity index (χ0v) is 15.5. The Labute approximate surface area is 147 Å². The molecule has 0 radical (unpaired) electrons. The monoisotopic (exact) mass is 381 g/mol. The zero-order valence-electron chi connectivity index (χ0n) is 13.1. The maximum atomic E-state index is 12.4. The van der Waals surface area contributed by atoms with E-state index in [0.29, 0.717) is 23.7 Å². The van der Waals surface area contributed by atoms with Crippen LogP contribution >= 0.6 is 23.7 Å². The first-order valence-electron chi connectivity index (χ1n) is 7.48. The number of sulfonamides is 1. The van der Waals surface area contributed by atoms with Crippen molar-refractivity contribution in [2.24, 2.45) is 11.7 Å². The lowest BCUT2D eigenvalue weighted by Gasteiger charge is -2.18. The number of nitrogens with one attached hydrogen (secondary N) is 2. The topological polar surface area (TPSA) is 101 Å². The molecular weight excluding hydrogens is 358 g/mol. The van der Waals surface area contributed by atoms with Crippen LogP contribution in [0.3, 0.4) is 0 Å². The first-order chi connectivity index (χ1) is 10.4. The van der Waals surface area contributed by atoms with Crippen LogP contribution in [0.25, 0.3) is 0 Å². The second kappa shape index (κ2) is 8.98. The molecule has 1 fully saturated rings. The molecule has 1 aliphatic carbocycles. The second-order valence-electron chi connectivity index (χ2n) is 5.61. The lowest BCUT2D eigenvalue weighted by atomic mass is 10.1. The molecule has 1 aromatic rings. The maximum absolute atomic E-state index is 12.4. The second-order valence-corrected chi connectivity index (χ2v) is 8.72. The molecule has 6 nitrogen and oxygen atoms in total. The van der Waals surface area contributed by atoms with Gasteiger partial charge >= 0.3 is 0 Å². The maximum Gasteiger partial charge on any atom is 0.250 e. The first kappa shape index (κ1) is 20.4. The van der Waals surface area contributed by atoms with Crippen LogP contribution in [0.15, 0.2) is 16.3 Å². The van der Waals surface area contributed by atoms with Gasteiger partial charge in [-0.05, 0) is 43.9 Å². The van der Waals surface area contributed by atoms with E-state index >= 15 is 0 Å². The van der Waals surface area contributed by atoms with E-state index in [2.05, 4.69) is 10.0 Å². The van der Waals surface area contributed by atoms with E-state index in [1.165, 1.54) is 18.3 Å². The molecule has 1 amide bonds. The fourth-order valence-corrected chi connectivity index (χ4v) is 5.44. The molecule has 0 aliphatic heterocycles. The van der Waals surface area contributed by atoms with Crippen LogP contribution in [-0.2, 0) is 21.2 Å². The number of nitrogens with two attached hydrogens (primary N) is 1. The predicted molar refractivity (Wildman–Crippen MR) is 94.5 cm³/mol. The van der Waals surface area contributed by atoms with Gasteiger partial charge in [-0.1, -0.05) is 6.42 Å². The molecule has 132 valence electrons. The highest BCUT2D eigenvalue weighted by molar-refractivity contribution is 7.91. The van der Waals surface area contributed by atoms with Crippen LogP contribution in [0.4, 0.5) is 0 Å². The molecule has 4 N–H and O–H groups in total. The Morgan fingerprint density at radius 2 is 2.13 bits per heavy atom. The minimum absolute atomic E-state index is 0. The van der Waals surface area contributed by atoms with Gasteiger partial charge in [0.25, 0.3) is 0 Å². The van der Waals surface area contributed by atoms with E-state index in [4.69, 9.17) is 5.73 Å². The van der Waals surface area contributed by atoms with Gasteiger partial charge in [-0.2, -0.15) is 0 Å². The van der Waals surface area contributed by atoms with Crippen molar-refractivity contribution >= 4 is 39.7 Å². The summed E-state index contributed by atoms with van der Waals surface area (Å²) in [6.07, 6.45) is 3.48. The lowest BCUT2D eigenvalue weighted by Crippen LogP contribution is -2.39. The van der Waals surface area contributed by atoms with Crippen molar-refractivity contribution in [1.82, 2.24) is 10.0 Å². The van der Waals surface area contributed by atoms with E-state index in [1.807, 2.05) is 0 Å². The van der Waals surface area contributed by atoms with Crippen molar-refractivity contribution in [3.05, 3.63) is 17.0 Å². The Bertz CT molecular complexity index is 619. The molecule has 2 unspecified atom stereocenters. The average molecular weight is 382 g/mol. The Balaban J connectivity index is 0.00000264. The summed E-state index contributed by atoms with van der Waals surface area (Å²) in [4.78, 5) is 11.8. The van der Waals surface area contributed by atoms with Crippen molar-refractivity contribution in [3.63, 3.8) is 0 Å². The Morgan fingerprint density at radius 1 is 1.39 bits per heavy atom. The molecule has 0 aromatic carbocycles. The summed E-state index contributed by atoms with van der Waals surface area (Å²) in [5.74, 6) is 0.147. The molecule has 1 heterocycles. The third-order valence-corrected chi connectivity index (χ3v) is 7.04. The molecule has 0 spiro atoms. The average Bonchev–Trinajstić information content (AvgIpc) is 3.07. The van der Waals surface area contributed by atoms with Gasteiger partial charge in [0.05, 0.1) is 0 Å². The molecule has 9 heteroatoms. The number of halogens is 1. The fourth-order valence-electron chi connectivity index (χ4n) is 2.73. The smallest absolute Gasteiger partial charge is 0.250 e. The van der Waals surface area contributed by atoms with Crippen molar-refractivity contribution in [1.29, 1.82) is 0 Å².